The van der Waals surface area contributed by atoms with Crippen LogP contribution in [0, 0.1) is 10.1 Å². The summed E-state index contributed by atoms with van der Waals surface area (Å²) in [6.07, 6.45) is -0.587. The SMILES string of the molecule is COC(=O)C[C@H](c1ccc([N+](=O)[O-])cc1)[C@H](NC(=O)C[C@@H]1NC(=O)[C@H](Cc2ccccc2)NC1=O)C(=O)OC. The van der Waals surface area contributed by atoms with E-state index < -0.39 is 65.0 Å². The Morgan fingerprint density at radius 3 is 2.15 bits per heavy atom. The molecule has 3 amide bonds. The highest BCUT2D eigenvalue weighted by atomic mass is 16.6. The number of carbonyl (C=O) groups excluding carboxylic acids is 5. The lowest BCUT2D eigenvalue weighted by Crippen LogP contribution is -2.63. The Balaban J connectivity index is 1.74. The summed E-state index contributed by atoms with van der Waals surface area (Å²) in [7, 11) is 2.24. The van der Waals surface area contributed by atoms with Gasteiger partial charge in [-0.1, -0.05) is 42.5 Å². The molecule has 39 heavy (non-hydrogen) atoms. The Hall–Kier alpha value is -4.81. The van der Waals surface area contributed by atoms with E-state index in [1.807, 2.05) is 30.3 Å². The summed E-state index contributed by atoms with van der Waals surface area (Å²) in [4.78, 5) is 73.5. The topological polar surface area (TPSA) is 183 Å². The summed E-state index contributed by atoms with van der Waals surface area (Å²) >= 11 is 0. The van der Waals surface area contributed by atoms with E-state index in [1.54, 1.807) is 0 Å². The van der Waals surface area contributed by atoms with E-state index in [4.69, 9.17) is 9.47 Å². The van der Waals surface area contributed by atoms with Gasteiger partial charge in [-0.15, -0.1) is 0 Å². The van der Waals surface area contributed by atoms with Crippen LogP contribution in [-0.4, -0.2) is 66.9 Å². The number of non-ortho nitro benzene ring substituents is 1. The molecule has 3 rings (SSSR count). The molecule has 0 spiro atoms. The lowest BCUT2D eigenvalue weighted by atomic mass is 9.88. The van der Waals surface area contributed by atoms with Crippen LogP contribution in [0.4, 0.5) is 5.69 Å². The molecule has 1 aliphatic heterocycles. The fourth-order valence-corrected chi connectivity index (χ4v) is 4.22. The highest BCUT2D eigenvalue weighted by molar-refractivity contribution is 5.99. The van der Waals surface area contributed by atoms with Crippen molar-refractivity contribution in [3.8, 4) is 0 Å². The standard InChI is InChI=1S/C26H28N4O9/c1-38-22(32)13-18(16-8-10-17(11-9-16)30(36)37)23(26(35)39-2)29-21(31)14-20-25(34)27-19(24(33)28-20)12-15-6-4-3-5-7-15/h3-11,18-20,23H,12-14H2,1-2H3,(H,27,34)(H,28,33)(H,29,31)/t18-,19+,20+,23+/m1/s1. The average molecular weight is 541 g/mol. The van der Waals surface area contributed by atoms with Gasteiger partial charge in [-0.25, -0.2) is 4.79 Å². The highest BCUT2D eigenvalue weighted by Gasteiger charge is 2.38. The molecule has 0 unspecified atom stereocenters. The summed E-state index contributed by atoms with van der Waals surface area (Å²) in [6.45, 7) is 0. The Kier molecular flexibility index (Phi) is 9.68. The molecule has 4 atom stereocenters. The molecule has 1 saturated heterocycles. The maximum atomic E-state index is 12.9. The van der Waals surface area contributed by atoms with Gasteiger partial charge in [-0.3, -0.25) is 29.3 Å². The number of piperazine rings is 1. The minimum atomic E-state index is -1.41. The monoisotopic (exact) mass is 540 g/mol. The third-order valence-corrected chi connectivity index (χ3v) is 6.26. The third-order valence-electron chi connectivity index (χ3n) is 6.26. The van der Waals surface area contributed by atoms with Gasteiger partial charge in [-0.05, 0) is 11.1 Å². The maximum Gasteiger partial charge on any atom is 0.329 e. The number of carbonyl (C=O) groups is 5. The van der Waals surface area contributed by atoms with Crippen LogP contribution in [0.2, 0.25) is 0 Å². The molecule has 0 saturated carbocycles. The molecule has 2 aromatic rings. The van der Waals surface area contributed by atoms with Gasteiger partial charge < -0.3 is 25.4 Å². The minimum absolute atomic E-state index is 0.209. The molecule has 1 fully saturated rings. The van der Waals surface area contributed by atoms with Crippen LogP contribution in [-0.2, 0) is 39.9 Å². The Bertz CT molecular complexity index is 1230. The second kappa shape index (κ2) is 13.1. The molecule has 0 radical (unpaired) electrons. The molecular formula is C26H28N4O9. The zero-order valence-corrected chi connectivity index (χ0v) is 21.2. The Morgan fingerprint density at radius 2 is 1.56 bits per heavy atom. The van der Waals surface area contributed by atoms with Crippen molar-refractivity contribution in [3.63, 3.8) is 0 Å². The number of nitrogens with zero attached hydrogens (tertiary/aromatic N) is 1. The first-order valence-electron chi connectivity index (χ1n) is 12.0. The summed E-state index contributed by atoms with van der Waals surface area (Å²) in [6, 6.07) is 10.8. The fourth-order valence-electron chi connectivity index (χ4n) is 4.22. The number of ether oxygens (including phenoxy) is 2. The number of esters is 2. The first kappa shape index (κ1) is 28.8. The van der Waals surface area contributed by atoms with Gasteiger partial charge in [0.25, 0.3) is 5.69 Å². The zero-order chi connectivity index (χ0) is 28.5. The predicted molar refractivity (Wildman–Crippen MR) is 135 cm³/mol. The van der Waals surface area contributed by atoms with E-state index in [2.05, 4.69) is 16.0 Å². The molecular weight excluding hydrogens is 512 g/mol. The molecule has 13 nitrogen and oxygen atoms in total. The predicted octanol–water partition coefficient (Wildman–Crippen LogP) is 0.515. The Labute approximate surface area is 223 Å². The number of nitrogens with one attached hydrogen (secondary N) is 3. The van der Waals surface area contributed by atoms with Crippen molar-refractivity contribution in [2.75, 3.05) is 14.2 Å². The number of rotatable bonds is 11. The number of amides is 3. The molecule has 0 aromatic heterocycles. The maximum absolute atomic E-state index is 12.9. The first-order chi connectivity index (χ1) is 18.6. The molecule has 1 heterocycles. The fraction of sp³-hybridized carbons (Fsp3) is 0.346. The van der Waals surface area contributed by atoms with Crippen LogP contribution in [0.5, 0.6) is 0 Å². The van der Waals surface area contributed by atoms with Crippen molar-refractivity contribution in [3.05, 3.63) is 75.8 Å². The summed E-state index contributed by atoms with van der Waals surface area (Å²) in [5.74, 6) is -4.42. The molecule has 3 N–H and O–H groups in total. The van der Waals surface area contributed by atoms with E-state index >= 15 is 0 Å². The van der Waals surface area contributed by atoms with Crippen molar-refractivity contribution in [1.29, 1.82) is 0 Å². The van der Waals surface area contributed by atoms with Gasteiger partial charge in [0.1, 0.15) is 18.1 Å². The lowest BCUT2D eigenvalue weighted by molar-refractivity contribution is -0.384. The normalized spacial score (nSPS) is 18.1. The van der Waals surface area contributed by atoms with Crippen LogP contribution in [0.15, 0.2) is 54.6 Å². The van der Waals surface area contributed by atoms with Gasteiger partial charge in [-0.2, -0.15) is 0 Å². The van der Waals surface area contributed by atoms with E-state index in [1.165, 1.54) is 24.3 Å². The van der Waals surface area contributed by atoms with E-state index in [0.29, 0.717) is 5.56 Å². The lowest BCUT2D eigenvalue weighted by Gasteiger charge is -2.30. The third kappa shape index (κ3) is 7.60. The number of nitro benzene ring substituents is 1. The van der Waals surface area contributed by atoms with Gasteiger partial charge in [0.15, 0.2) is 0 Å². The van der Waals surface area contributed by atoms with Crippen molar-refractivity contribution in [2.45, 2.75) is 43.3 Å². The smallest absolute Gasteiger partial charge is 0.329 e. The van der Waals surface area contributed by atoms with Gasteiger partial charge in [0.2, 0.25) is 17.7 Å². The Morgan fingerprint density at radius 1 is 0.949 bits per heavy atom. The number of methoxy groups -OCH3 is 2. The molecule has 0 bridgehead atoms. The number of nitro groups is 1. The van der Waals surface area contributed by atoms with Gasteiger partial charge in [0, 0.05) is 24.5 Å². The zero-order valence-electron chi connectivity index (χ0n) is 21.2. The number of hydrogen-bond acceptors (Lipinski definition) is 9. The van der Waals surface area contributed by atoms with Gasteiger partial charge >= 0.3 is 11.9 Å². The minimum Gasteiger partial charge on any atom is -0.469 e. The van der Waals surface area contributed by atoms with Crippen molar-refractivity contribution >= 4 is 35.3 Å². The second-order valence-electron chi connectivity index (χ2n) is 8.82. The van der Waals surface area contributed by atoms with Crippen LogP contribution in [0.1, 0.15) is 29.9 Å². The number of hydrogen-bond donors (Lipinski definition) is 3. The highest BCUT2D eigenvalue weighted by Crippen LogP contribution is 2.27. The molecule has 13 heteroatoms. The van der Waals surface area contributed by atoms with Crippen molar-refractivity contribution < 1.29 is 38.4 Å². The van der Waals surface area contributed by atoms with Crippen LogP contribution in [0.3, 0.4) is 0 Å². The second-order valence-corrected chi connectivity index (χ2v) is 8.82. The van der Waals surface area contributed by atoms with E-state index in [-0.39, 0.29) is 18.5 Å². The quantitative estimate of drug-likeness (QED) is 0.208. The number of benzene rings is 2. The van der Waals surface area contributed by atoms with Crippen LogP contribution >= 0.6 is 0 Å². The molecule has 2 aromatic carbocycles. The average Bonchev–Trinajstić information content (AvgIpc) is 2.93. The summed E-state index contributed by atoms with van der Waals surface area (Å²) in [5.41, 5.74) is 0.964. The van der Waals surface area contributed by atoms with Crippen LogP contribution < -0.4 is 16.0 Å². The first-order valence-corrected chi connectivity index (χ1v) is 12.0. The van der Waals surface area contributed by atoms with E-state index in [0.717, 1.165) is 19.8 Å². The molecule has 0 aliphatic carbocycles. The summed E-state index contributed by atoms with van der Waals surface area (Å²) < 4.78 is 9.55. The largest absolute Gasteiger partial charge is 0.469 e. The molecule has 1 aliphatic rings. The van der Waals surface area contributed by atoms with Gasteiger partial charge in [0.05, 0.1) is 32.0 Å². The van der Waals surface area contributed by atoms with Crippen molar-refractivity contribution in [1.82, 2.24) is 16.0 Å². The van der Waals surface area contributed by atoms with E-state index in [9.17, 15) is 34.1 Å². The van der Waals surface area contributed by atoms with Crippen LogP contribution in [0.25, 0.3) is 0 Å². The summed E-state index contributed by atoms with van der Waals surface area (Å²) in [5, 5.41) is 18.7. The van der Waals surface area contributed by atoms with Crippen molar-refractivity contribution in [2.24, 2.45) is 0 Å². The molecule has 206 valence electrons.